The van der Waals surface area contributed by atoms with E-state index in [-0.39, 0.29) is 12.5 Å². The van der Waals surface area contributed by atoms with Crippen LogP contribution in [0.3, 0.4) is 0 Å². The monoisotopic (exact) mass is 398 g/mol. The molecular formula is C18H20Cl2N2O4. The number of hydrogen-bond donors (Lipinski definition) is 2. The first-order chi connectivity index (χ1) is 12.4. The number of ether oxygens (including phenoxy) is 3. The number of aryl methyl sites for hydroxylation is 1. The van der Waals surface area contributed by atoms with Crippen LogP contribution in [0.5, 0.6) is 17.2 Å². The minimum absolute atomic E-state index is 0.0194. The van der Waals surface area contributed by atoms with Crippen LogP contribution in [-0.2, 0) is 4.79 Å². The molecule has 0 heterocycles. The zero-order valence-electron chi connectivity index (χ0n) is 14.9. The fourth-order valence-electron chi connectivity index (χ4n) is 2.30. The highest BCUT2D eigenvalue weighted by molar-refractivity contribution is 6.32. The molecule has 0 aromatic heterocycles. The lowest BCUT2D eigenvalue weighted by Gasteiger charge is -2.15. The van der Waals surface area contributed by atoms with Gasteiger partial charge in [-0.05, 0) is 18.6 Å². The van der Waals surface area contributed by atoms with Gasteiger partial charge in [-0.2, -0.15) is 0 Å². The molecule has 8 heteroatoms. The summed E-state index contributed by atoms with van der Waals surface area (Å²) in [4.78, 5) is 12.3. The fraction of sp³-hybridized carbons (Fsp3) is 0.278. The van der Waals surface area contributed by atoms with E-state index in [0.29, 0.717) is 38.7 Å². The summed E-state index contributed by atoms with van der Waals surface area (Å²) in [5.41, 5.74) is 2.00. The van der Waals surface area contributed by atoms with E-state index in [1.165, 1.54) is 21.3 Å². The molecule has 26 heavy (non-hydrogen) atoms. The average molecular weight is 399 g/mol. The van der Waals surface area contributed by atoms with Gasteiger partial charge in [-0.3, -0.25) is 4.79 Å². The predicted molar refractivity (Wildman–Crippen MR) is 104 cm³/mol. The highest BCUT2D eigenvalue weighted by atomic mass is 35.5. The molecule has 0 spiro atoms. The number of benzene rings is 2. The first-order valence-corrected chi connectivity index (χ1v) is 8.44. The minimum Gasteiger partial charge on any atom is -0.495 e. The quantitative estimate of drug-likeness (QED) is 0.723. The Kier molecular flexibility index (Phi) is 6.83. The molecule has 0 aliphatic heterocycles. The van der Waals surface area contributed by atoms with Crippen LogP contribution in [0.1, 0.15) is 5.56 Å². The lowest BCUT2D eigenvalue weighted by atomic mass is 10.2. The molecule has 1 amide bonds. The number of anilines is 2. The second kappa shape index (κ2) is 8.87. The second-order valence-corrected chi connectivity index (χ2v) is 6.20. The van der Waals surface area contributed by atoms with Crippen LogP contribution < -0.4 is 24.8 Å². The molecule has 2 aromatic carbocycles. The van der Waals surface area contributed by atoms with Crippen molar-refractivity contribution in [2.75, 3.05) is 38.5 Å². The van der Waals surface area contributed by atoms with Crippen molar-refractivity contribution in [2.24, 2.45) is 0 Å². The number of rotatable bonds is 7. The van der Waals surface area contributed by atoms with Crippen molar-refractivity contribution in [1.82, 2.24) is 0 Å². The maximum absolute atomic E-state index is 12.3. The highest BCUT2D eigenvalue weighted by Crippen LogP contribution is 2.36. The smallest absolute Gasteiger partial charge is 0.243 e. The molecule has 0 fully saturated rings. The largest absolute Gasteiger partial charge is 0.495 e. The summed E-state index contributed by atoms with van der Waals surface area (Å²) in [5, 5.41) is 6.78. The molecule has 0 saturated heterocycles. The van der Waals surface area contributed by atoms with Gasteiger partial charge >= 0.3 is 0 Å². The Labute approximate surface area is 162 Å². The molecular weight excluding hydrogens is 379 g/mol. The second-order valence-electron chi connectivity index (χ2n) is 5.39. The Hall–Kier alpha value is -2.31. The van der Waals surface area contributed by atoms with Gasteiger partial charge in [0.05, 0.1) is 44.3 Å². The zero-order chi connectivity index (χ0) is 19.3. The van der Waals surface area contributed by atoms with Gasteiger partial charge in [0.2, 0.25) is 5.91 Å². The van der Waals surface area contributed by atoms with Gasteiger partial charge < -0.3 is 24.8 Å². The first-order valence-electron chi connectivity index (χ1n) is 7.69. The van der Waals surface area contributed by atoms with Crippen LogP contribution in [-0.4, -0.2) is 33.8 Å². The highest BCUT2D eigenvalue weighted by Gasteiger charge is 2.13. The zero-order valence-corrected chi connectivity index (χ0v) is 16.4. The first kappa shape index (κ1) is 20.0. The summed E-state index contributed by atoms with van der Waals surface area (Å²) in [6.45, 7) is 1.89. The van der Waals surface area contributed by atoms with Gasteiger partial charge in [0.15, 0.2) is 0 Å². The maximum atomic E-state index is 12.3. The van der Waals surface area contributed by atoms with E-state index in [4.69, 9.17) is 37.4 Å². The van der Waals surface area contributed by atoms with Crippen molar-refractivity contribution in [3.8, 4) is 17.2 Å². The summed E-state index contributed by atoms with van der Waals surface area (Å²) < 4.78 is 15.7. The van der Waals surface area contributed by atoms with Gasteiger partial charge in [0, 0.05) is 23.2 Å². The van der Waals surface area contributed by atoms with Crippen LogP contribution in [0.2, 0.25) is 10.0 Å². The van der Waals surface area contributed by atoms with Crippen molar-refractivity contribution in [1.29, 1.82) is 0 Å². The van der Waals surface area contributed by atoms with Crippen LogP contribution in [0, 0.1) is 6.92 Å². The number of carbonyl (C=O) groups excluding carboxylic acids is 1. The Bertz CT molecular complexity index is 812. The number of amides is 1. The van der Waals surface area contributed by atoms with Crippen molar-refractivity contribution in [2.45, 2.75) is 6.92 Å². The van der Waals surface area contributed by atoms with Crippen molar-refractivity contribution < 1.29 is 19.0 Å². The van der Waals surface area contributed by atoms with Crippen molar-refractivity contribution in [3.05, 3.63) is 39.9 Å². The van der Waals surface area contributed by atoms with Crippen LogP contribution in [0.15, 0.2) is 24.3 Å². The lowest BCUT2D eigenvalue weighted by molar-refractivity contribution is -0.114. The molecule has 0 aliphatic carbocycles. The van der Waals surface area contributed by atoms with E-state index in [2.05, 4.69) is 10.6 Å². The summed E-state index contributed by atoms with van der Waals surface area (Å²) in [6, 6.07) is 6.70. The summed E-state index contributed by atoms with van der Waals surface area (Å²) >= 11 is 12.1. The molecule has 0 unspecified atom stereocenters. The standard InChI is InChI=1S/C18H20Cl2N2O4/c1-10-5-13(16(25-3)6-11(10)19)21-9-18(23)22-14-8-15(24-2)12(20)7-17(14)26-4/h5-8,21H,9H2,1-4H3,(H,22,23). The lowest BCUT2D eigenvalue weighted by Crippen LogP contribution is -2.22. The van der Waals surface area contributed by atoms with E-state index in [1.807, 2.05) is 13.0 Å². The van der Waals surface area contributed by atoms with E-state index in [1.54, 1.807) is 18.2 Å². The van der Waals surface area contributed by atoms with Crippen LogP contribution in [0.4, 0.5) is 11.4 Å². The summed E-state index contributed by atoms with van der Waals surface area (Å²) in [5.74, 6) is 1.15. The molecule has 140 valence electrons. The maximum Gasteiger partial charge on any atom is 0.243 e. The normalized spacial score (nSPS) is 10.2. The predicted octanol–water partition coefficient (Wildman–Crippen LogP) is 4.38. The average Bonchev–Trinajstić information content (AvgIpc) is 2.63. The van der Waals surface area contributed by atoms with Gasteiger partial charge in [-0.1, -0.05) is 23.2 Å². The molecule has 0 aliphatic rings. The Morgan fingerprint density at radius 1 is 0.885 bits per heavy atom. The summed E-state index contributed by atoms with van der Waals surface area (Å²) in [7, 11) is 4.53. The van der Waals surface area contributed by atoms with E-state index < -0.39 is 0 Å². The summed E-state index contributed by atoms with van der Waals surface area (Å²) in [6.07, 6.45) is 0. The topological polar surface area (TPSA) is 68.8 Å². The Morgan fingerprint density at radius 2 is 1.46 bits per heavy atom. The van der Waals surface area contributed by atoms with Crippen molar-refractivity contribution >= 4 is 40.5 Å². The molecule has 0 atom stereocenters. The minimum atomic E-state index is -0.276. The number of methoxy groups -OCH3 is 3. The van der Waals surface area contributed by atoms with Gasteiger partial charge in [0.1, 0.15) is 17.2 Å². The third-order valence-corrected chi connectivity index (χ3v) is 4.37. The van der Waals surface area contributed by atoms with Gasteiger partial charge in [-0.15, -0.1) is 0 Å². The molecule has 6 nitrogen and oxygen atoms in total. The third-order valence-electron chi connectivity index (χ3n) is 3.67. The van der Waals surface area contributed by atoms with E-state index in [0.717, 1.165) is 5.56 Å². The Balaban J connectivity index is 2.12. The molecule has 0 bridgehead atoms. The molecule has 2 N–H and O–H groups in total. The number of hydrogen-bond acceptors (Lipinski definition) is 5. The SMILES string of the molecule is COc1cc(NC(=O)CNc2cc(C)c(Cl)cc2OC)c(OC)cc1Cl. The molecule has 2 aromatic rings. The Morgan fingerprint density at radius 3 is 2.08 bits per heavy atom. The molecule has 0 saturated carbocycles. The molecule has 2 rings (SSSR count). The van der Waals surface area contributed by atoms with Crippen molar-refractivity contribution in [3.63, 3.8) is 0 Å². The number of nitrogens with one attached hydrogen (secondary N) is 2. The van der Waals surface area contributed by atoms with E-state index in [9.17, 15) is 4.79 Å². The van der Waals surface area contributed by atoms with Gasteiger partial charge in [-0.25, -0.2) is 0 Å². The van der Waals surface area contributed by atoms with Gasteiger partial charge in [0.25, 0.3) is 0 Å². The number of carbonyl (C=O) groups is 1. The fourth-order valence-corrected chi connectivity index (χ4v) is 2.68. The number of halogens is 2. The third kappa shape index (κ3) is 4.65. The van der Waals surface area contributed by atoms with E-state index >= 15 is 0 Å². The molecule has 0 radical (unpaired) electrons. The van der Waals surface area contributed by atoms with Crippen LogP contribution in [0.25, 0.3) is 0 Å². The van der Waals surface area contributed by atoms with Crippen LogP contribution >= 0.6 is 23.2 Å².